The van der Waals surface area contributed by atoms with Gasteiger partial charge in [0, 0.05) is 6.20 Å². The summed E-state index contributed by atoms with van der Waals surface area (Å²) in [6.07, 6.45) is -5.66. The summed E-state index contributed by atoms with van der Waals surface area (Å²) in [6, 6.07) is 1.70. The Kier molecular flexibility index (Phi) is 3.48. The van der Waals surface area contributed by atoms with Gasteiger partial charge >= 0.3 is 12.1 Å². The number of rotatable bonds is 3. The molecule has 0 saturated heterocycles. The van der Waals surface area contributed by atoms with Crippen LogP contribution in [0, 0.1) is 0 Å². The maximum atomic E-state index is 12.1. The van der Waals surface area contributed by atoms with Gasteiger partial charge in [0.25, 0.3) is 0 Å². The highest BCUT2D eigenvalue weighted by atomic mass is 19.4. The van der Waals surface area contributed by atoms with Crippen molar-refractivity contribution in [1.29, 1.82) is 0 Å². The lowest BCUT2D eigenvalue weighted by molar-refractivity contribution is -0.141. The molecule has 2 N–H and O–H groups in total. The van der Waals surface area contributed by atoms with Crippen LogP contribution in [0.15, 0.2) is 18.3 Å². The SMILES string of the molecule is O=C(O)CC(O)c1ccc(C(F)(F)F)nc1. The Hall–Kier alpha value is -1.63. The normalized spacial score (nSPS) is 13.5. The van der Waals surface area contributed by atoms with Gasteiger partial charge in [0.05, 0.1) is 12.5 Å². The van der Waals surface area contributed by atoms with E-state index in [2.05, 4.69) is 4.98 Å². The van der Waals surface area contributed by atoms with Crippen molar-refractivity contribution in [2.45, 2.75) is 18.7 Å². The zero-order valence-electron chi connectivity index (χ0n) is 7.90. The van der Waals surface area contributed by atoms with Crippen molar-refractivity contribution < 1.29 is 28.2 Å². The van der Waals surface area contributed by atoms with Crippen LogP contribution < -0.4 is 0 Å². The van der Waals surface area contributed by atoms with E-state index in [1.165, 1.54) is 0 Å². The van der Waals surface area contributed by atoms with Crippen molar-refractivity contribution >= 4 is 5.97 Å². The Morgan fingerprint density at radius 3 is 2.44 bits per heavy atom. The van der Waals surface area contributed by atoms with E-state index in [1.807, 2.05) is 0 Å². The van der Waals surface area contributed by atoms with Gasteiger partial charge in [-0.25, -0.2) is 0 Å². The fourth-order valence-corrected chi connectivity index (χ4v) is 1.05. The van der Waals surface area contributed by atoms with Crippen LogP contribution in [0.25, 0.3) is 0 Å². The van der Waals surface area contributed by atoms with Gasteiger partial charge in [-0.15, -0.1) is 0 Å². The Bertz CT molecular complexity index is 375. The van der Waals surface area contributed by atoms with E-state index in [1.54, 1.807) is 0 Å². The minimum Gasteiger partial charge on any atom is -0.481 e. The molecule has 0 bridgehead atoms. The number of carboxylic acid groups (broad SMARTS) is 1. The van der Waals surface area contributed by atoms with Gasteiger partial charge in [-0.1, -0.05) is 6.07 Å². The summed E-state index contributed by atoms with van der Waals surface area (Å²) in [5.74, 6) is -1.24. The van der Waals surface area contributed by atoms with Crippen LogP contribution in [0.4, 0.5) is 13.2 Å². The largest absolute Gasteiger partial charge is 0.481 e. The number of hydrogen-bond acceptors (Lipinski definition) is 3. The number of aliphatic hydroxyl groups excluding tert-OH is 1. The molecule has 7 heteroatoms. The molecule has 1 heterocycles. The molecule has 0 aromatic carbocycles. The molecule has 0 radical (unpaired) electrons. The maximum Gasteiger partial charge on any atom is 0.433 e. The van der Waals surface area contributed by atoms with Crippen molar-refractivity contribution in [3.8, 4) is 0 Å². The molecule has 1 unspecified atom stereocenters. The Balaban J connectivity index is 2.83. The van der Waals surface area contributed by atoms with Crippen molar-refractivity contribution in [2.75, 3.05) is 0 Å². The molecule has 88 valence electrons. The van der Waals surface area contributed by atoms with Crippen LogP contribution in [0.5, 0.6) is 0 Å². The first-order chi connectivity index (χ1) is 7.30. The van der Waals surface area contributed by atoms with Crippen molar-refractivity contribution in [3.05, 3.63) is 29.6 Å². The summed E-state index contributed by atoms with van der Waals surface area (Å²) >= 11 is 0. The number of alkyl halides is 3. The van der Waals surface area contributed by atoms with Crippen LogP contribution in [-0.2, 0) is 11.0 Å². The number of nitrogens with zero attached hydrogens (tertiary/aromatic N) is 1. The number of halogens is 3. The molecule has 0 amide bonds. The standard InChI is InChI=1S/C9H8F3NO3/c10-9(11,12)7-2-1-5(4-13-7)6(14)3-8(15)16/h1-2,4,6,14H,3H2,(H,15,16). The van der Waals surface area contributed by atoms with E-state index in [0.29, 0.717) is 6.07 Å². The third-order valence-electron chi connectivity index (χ3n) is 1.83. The lowest BCUT2D eigenvalue weighted by atomic mass is 10.1. The van der Waals surface area contributed by atoms with Gasteiger partial charge in [0.15, 0.2) is 0 Å². The van der Waals surface area contributed by atoms with E-state index in [-0.39, 0.29) is 5.56 Å². The monoisotopic (exact) mass is 235 g/mol. The molecule has 0 aliphatic heterocycles. The molecule has 0 fully saturated rings. The minimum atomic E-state index is -4.55. The fraction of sp³-hybridized carbons (Fsp3) is 0.333. The number of carbonyl (C=O) groups is 1. The minimum absolute atomic E-state index is 0.0374. The molecular weight excluding hydrogens is 227 g/mol. The Morgan fingerprint density at radius 2 is 2.06 bits per heavy atom. The third kappa shape index (κ3) is 3.20. The molecule has 1 rings (SSSR count). The van der Waals surface area contributed by atoms with Crippen molar-refractivity contribution in [1.82, 2.24) is 4.98 Å². The highest BCUT2D eigenvalue weighted by Gasteiger charge is 2.32. The second-order valence-corrected chi connectivity index (χ2v) is 3.09. The summed E-state index contributed by atoms with van der Waals surface area (Å²) in [4.78, 5) is 13.3. The third-order valence-corrected chi connectivity index (χ3v) is 1.83. The molecule has 4 nitrogen and oxygen atoms in total. The molecule has 1 atom stereocenters. The second kappa shape index (κ2) is 4.48. The first kappa shape index (κ1) is 12.4. The molecule has 0 spiro atoms. The van der Waals surface area contributed by atoms with Crippen molar-refractivity contribution in [2.24, 2.45) is 0 Å². The van der Waals surface area contributed by atoms with Crippen LogP contribution in [0.2, 0.25) is 0 Å². The first-order valence-corrected chi connectivity index (χ1v) is 4.23. The predicted molar refractivity (Wildman–Crippen MR) is 46.5 cm³/mol. The molecule has 0 saturated carbocycles. The topological polar surface area (TPSA) is 70.4 Å². The molecular formula is C9H8F3NO3. The number of aromatic nitrogens is 1. The van der Waals surface area contributed by atoms with Gasteiger partial charge in [-0.3, -0.25) is 9.78 Å². The molecule has 0 aliphatic carbocycles. The van der Waals surface area contributed by atoms with E-state index in [0.717, 1.165) is 12.3 Å². The fourth-order valence-electron chi connectivity index (χ4n) is 1.05. The number of aliphatic hydroxyl groups is 1. The molecule has 16 heavy (non-hydrogen) atoms. The predicted octanol–water partition coefficient (Wildman–Crippen LogP) is 1.61. The van der Waals surface area contributed by atoms with Crippen LogP contribution >= 0.6 is 0 Å². The number of pyridine rings is 1. The van der Waals surface area contributed by atoms with Crippen LogP contribution in [-0.4, -0.2) is 21.2 Å². The zero-order chi connectivity index (χ0) is 12.3. The summed E-state index contributed by atoms with van der Waals surface area (Å²) in [7, 11) is 0. The number of carboxylic acids is 1. The number of hydrogen-bond donors (Lipinski definition) is 2. The molecule has 1 aromatic rings. The van der Waals surface area contributed by atoms with Gasteiger partial charge < -0.3 is 10.2 Å². The second-order valence-electron chi connectivity index (χ2n) is 3.09. The highest BCUT2D eigenvalue weighted by Crippen LogP contribution is 2.28. The van der Waals surface area contributed by atoms with Crippen LogP contribution in [0.3, 0.4) is 0 Å². The quantitative estimate of drug-likeness (QED) is 0.834. The van der Waals surface area contributed by atoms with Crippen molar-refractivity contribution in [3.63, 3.8) is 0 Å². The van der Waals surface area contributed by atoms with Gasteiger partial charge in [0.1, 0.15) is 5.69 Å². The Labute approximate surface area is 88.4 Å². The summed E-state index contributed by atoms with van der Waals surface area (Å²) < 4.78 is 36.3. The summed E-state index contributed by atoms with van der Waals surface area (Å²) in [5.41, 5.74) is -1.05. The van der Waals surface area contributed by atoms with Gasteiger partial charge in [-0.05, 0) is 11.6 Å². The summed E-state index contributed by atoms with van der Waals surface area (Å²) in [6.45, 7) is 0. The molecule has 1 aromatic heterocycles. The average molecular weight is 235 g/mol. The van der Waals surface area contributed by atoms with Gasteiger partial charge in [-0.2, -0.15) is 13.2 Å². The maximum absolute atomic E-state index is 12.1. The van der Waals surface area contributed by atoms with E-state index in [4.69, 9.17) is 5.11 Å². The smallest absolute Gasteiger partial charge is 0.433 e. The Morgan fingerprint density at radius 1 is 1.44 bits per heavy atom. The average Bonchev–Trinajstić information content (AvgIpc) is 2.15. The van der Waals surface area contributed by atoms with Gasteiger partial charge in [0.2, 0.25) is 0 Å². The number of aliphatic carboxylic acids is 1. The lowest BCUT2D eigenvalue weighted by Crippen LogP contribution is -2.10. The van der Waals surface area contributed by atoms with E-state index >= 15 is 0 Å². The van der Waals surface area contributed by atoms with E-state index < -0.39 is 30.4 Å². The lowest BCUT2D eigenvalue weighted by Gasteiger charge is -2.09. The van der Waals surface area contributed by atoms with Crippen LogP contribution in [0.1, 0.15) is 23.8 Å². The molecule has 0 aliphatic rings. The first-order valence-electron chi connectivity index (χ1n) is 4.23. The summed E-state index contributed by atoms with van der Waals surface area (Å²) in [5, 5.41) is 17.7. The highest BCUT2D eigenvalue weighted by molar-refractivity contribution is 5.67. The van der Waals surface area contributed by atoms with E-state index in [9.17, 15) is 23.1 Å². The zero-order valence-corrected chi connectivity index (χ0v) is 7.90.